The summed E-state index contributed by atoms with van der Waals surface area (Å²) < 4.78 is 6.92. The Kier molecular flexibility index (Phi) is 3.15. The highest BCUT2D eigenvalue weighted by molar-refractivity contribution is 5.30. The first-order valence-electron chi connectivity index (χ1n) is 6.54. The Morgan fingerprint density at radius 1 is 1.50 bits per heavy atom. The molecule has 5 heteroatoms. The van der Waals surface area contributed by atoms with Gasteiger partial charge >= 0.3 is 0 Å². The SMILES string of the molecule is CCNC1CCCc2cn(Cc3ncon3)cc21. The van der Waals surface area contributed by atoms with Crippen molar-refractivity contribution in [2.24, 2.45) is 0 Å². The Balaban J connectivity index is 1.82. The predicted octanol–water partition coefficient (Wildman–Crippen LogP) is 1.91. The minimum absolute atomic E-state index is 0.505. The fraction of sp³-hybridized carbons (Fsp3) is 0.538. The molecule has 0 aromatic carbocycles. The third kappa shape index (κ3) is 2.18. The van der Waals surface area contributed by atoms with Crippen molar-refractivity contribution in [2.45, 2.75) is 38.8 Å². The molecule has 0 aliphatic heterocycles. The molecule has 0 saturated heterocycles. The number of hydrogen-bond acceptors (Lipinski definition) is 4. The average Bonchev–Trinajstić information content (AvgIpc) is 2.99. The van der Waals surface area contributed by atoms with Gasteiger partial charge in [0.15, 0.2) is 5.82 Å². The van der Waals surface area contributed by atoms with E-state index in [0.29, 0.717) is 12.6 Å². The van der Waals surface area contributed by atoms with Crippen molar-refractivity contribution in [1.29, 1.82) is 0 Å². The highest BCUT2D eigenvalue weighted by Gasteiger charge is 2.21. The summed E-state index contributed by atoms with van der Waals surface area (Å²) in [6.07, 6.45) is 9.48. The number of aromatic nitrogens is 3. The number of nitrogens with zero attached hydrogens (tertiary/aromatic N) is 3. The molecule has 3 rings (SSSR count). The molecule has 18 heavy (non-hydrogen) atoms. The predicted molar refractivity (Wildman–Crippen MR) is 67.2 cm³/mol. The standard InChI is InChI=1S/C13H18N4O/c1-2-14-12-5-3-4-10-6-17(7-11(10)12)8-13-15-9-18-16-13/h6-7,9,12,14H,2-5,8H2,1H3. The number of rotatable bonds is 4. The van der Waals surface area contributed by atoms with Gasteiger partial charge in [0.1, 0.15) is 0 Å². The molecule has 1 N–H and O–H groups in total. The molecule has 5 nitrogen and oxygen atoms in total. The minimum Gasteiger partial charge on any atom is -0.346 e. The van der Waals surface area contributed by atoms with Crippen LogP contribution in [0.3, 0.4) is 0 Å². The van der Waals surface area contributed by atoms with Crippen LogP contribution in [0, 0.1) is 0 Å². The number of aryl methyl sites for hydroxylation is 1. The maximum Gasteiger partial charge on any atom is 0.213 e. The smallest absolute Gasteiger partial charge is 0.213 e. The molecule has 1 atom stereocenters. The quantitative estimate of drug-likeness (QED) is 0.895. The topological polar surface area (TPSA) is 55.9 Å². The molecule has 2 heterocycles. The molecule has 0 radical (unpaired) electrons. The molecular formula is C13H18N4O. The van der Waals surface area contributed by atoms with E-state index >= 15 is 0 Å². The van der Waals surface area contributed by atoms with Crippen LogP contribution < -0.4 is 5.32 Å². The zero-order valence-electron chi connectivity index (χ0n) is 10.6. The average molecular weight is 246 g/mol. The van der Waals surface area contributed by atoms with Crippen LogP contribution in [-0.4, -0.2) is 21.3 Å². The van der Waals surface area contributed by atoms with Gasteiger partial charge in [-0.3, -0.25) is 0 Å². The van der Waals surface area contributed by atoms with Gasteiger partial charge < -0.3 is 14.4 Å². The van der Waals surface area contributed by atoms with Crippen LogP contribution in [-0.2, 0) is 13.0 Å². The molecule has 0 amide bonds. The van der Waals surface area contributed by atoms with Gasteiger partial charge in [0.05, 0.1) is 6.54 Å². The molecule has 2 aromatic rings. The summed E-state index contributed by atoms with van der Waals surface area (Å²) in [5.74, 6) is 0.724. The zero-order valence-corrected chi connectivity index (χ0v) is 10.6. The van der Waals surface area contributed by atoms with Crippen molar-refractivity contribution < 1.29 is 4.52 Å². The van der Waals surface area contributed by atoms with Crippen LogP contribution in [0.5, 0.6) is 0 Å². The normalized spacial score (nSPS) is 18.8. The van der Waals surface area contributed by atoms with Crippen LogP contribution in [0.15, 0.2) is 23.3 Å². The summed E-state index contributed by atoms with van der Waals surface area (Å²) in [7, 11) is 0. The molecule has 1 unspecified atom stereocenters. The first kappa shape index (κ1) is 11.5. The van der Waals surface area contributed by atoms with Gasteiger partial charge in [-0.05, 0) is 36.9 Å². The summed E-state index contributed by atoms with van der Waals surface area (Å²) in [5.41, 5.74) is 2.89. The molecule has 96 valence electrons. The maximum atomic E-state index is 4.76. The lowest BCUT2D eigenvalue weighted by molar-refractivity contribution is 0.408. The van der Waals surface area contributed by atoms with Crippen LogP contribution >= 0.6 is 0 Å². The molecular weight excluding hydrogens is 228 g/mol. The number of fused-ring (bicyclic) bond motifs is 1. The van der Waals surface area contributed by atoms with Gasteiger partial charge in [0, 0.05) is 18.4 Å². The number of nitrogens with one attached hydrogen (secondary N) is 1. The monoisotopic (exact) mass is 246 g/mol. The minimum atomic E-state index is 0.505. The molecule has 0 fully saturated rings. The zero-order chi connectivity index (χ0) is 12.4. The lowest BCUT2D eigenvalue weighted by atomic mass is 9.91. The summed E-state index contributed by atoms with van der Waals surface area (Å²) in [4.78, 5) is 4.06. The maximum absolute atomic E-state index is 4.76. The van der Waals surface area contributed by atoms with Crippen molar-refractivity contribution in [3.63, 3.8) is 0 Å². The van der Waals surface area contributed by atoms with E-state index in [4.69, 9.17) is 4.52 Å². The second-order valence-electron chi connectivity index (χ2n) is 4.76. The van der Waals surface area contributed by atoms with E-state index in [2.05, 4.69) is 39.3 Å². The van der Waals surface area contributed by atoms with Crippen LogP contribution in [0.4, 0.5) is 0 Å². The van der Waals surface area contributed by atoms with Crippen molar-refractivity contribution in [1.82, 2.24) is 20.0 Å². The fourth-order valence-corrected chi connectivity index (χ4v) is 2.72. The van der Waals surface area contributed by atoms with E-state index in [9.17, 15) is 0 Å². The van der Waals surface area contributed by atoms with Crippen molar-refractivity contribution in [3.05, 3.63) is 35.7 Å². The van der Waals surface area contributed by atoms with Crippen LogP contribution in [0.1, 0.15) is 42.8 Å². The van der Waals surface area contributed by atoms with Gasteiger partial charge in [0.2, 0.25) is 6.39 Å². The first-order valence-corrected chi connectivity index (χ1v) is 6.54. The lowest BCUT2D eigenvalue weighted by Crippen LogP contribution is -2.23. The summed E-state index contributed by atoms with van der Waals surface area (Å²) >= 11 is 0. The highest BCUT2D eigenvalue weighted by atomic mass is 16.5. The van der Waals surface area contributed by atoms with Crippen LogP contribution in [0.25, 0.3) is 0 Å². The van der Waals surface area contributed by atoms with Gasteiger partial charge in [-0.25, -0.2) is 0 Å². The van der Waals surface area contributed by atoms with E-state index < -0.39 is 0 Å². The molecule has 0 bridgehead atoms. The van der Waals surface area contributed by atoms with E-state index in [1.165, 1.54) is 36.8 Å². The second kappa shape index (κ2) is 4.94. The highest BCUT2D eigenvalue weighted by Crippen LogP contribution is 2.30. The van der Waals surface area contributed by atoms with Gasteiger partial charge in [0.25, 0.3) is 0 Å². The fourth-order valence-electron chi connectivity index (χ4n) is 2.72. The summed E-state index contributed by atoms with van der Waals surface area (Å²) in [6.45, 7) is 3.85. The Bertz CT molecular complexity index is 503. The Morgan fingerprint density at radius 3 is 3.22 bits per heavy atom. The third-order valence-corrected chi connectivity index (χ3v) is 3.49. The van der Waals surface area contributed by atoms with Crippen molar-refractivity contribution in [2.75, 3.05) is 6.54 Å². The molecule has 1 aliphatic rings. The summed E-state index contributed by atoms with van der Waals surface area (Å²) in [6, 6.07) is 0.505. The summed E-state index contributed by atoms with van der Waals surface area (Å²) in [5, 5.41) is 7.40. The van der Waals surface area contributed by atoms with E-state index in [-0.39, 0.29) is 0 Å². The molecule has 0 saturated carbocycles. The first-order chi connectivity index (χ1) is 8.86. The van der Waals surface area contributed by atoms with Crippen molar-refractivity contribution in [3.8, 4) is 0 Å². The Morgan fingerprint density at radius 2 is 2.44 bits per heavy atom. The van der Waals surface area contributed by atoms with Gasteiger partial charge in [-0.15, -0.1) is 0 Å². The Hall–Kier alpha value is -1.62. The lowest BCUT2D eigenvalue weighted by Gasteiger charge is -2.22. The molecule has 2 aromatic heterocycles. The van der Waals surface area contributed by atoms with Crippen molar-refractivity contribution >= 4 is 0 Å². The number of hydrogen-bond donors (Lipinski definition) is 1. The third-order valence-electron chi connectivity index (χ3n) is 3.49. The van der Waals surface area contributed by atoms with E-state index in [1.807, 2.05) is 0 Å². The van der Waals surface area contributed by atoms with E-state index in [1.54, 1.807) is 0 Å². The van der Waals surface area contributed by atoms with Crippen LogP contribution in [0.2, 0.25) is 0 Å². The molecule has 0 spiro atoms. The largest absolute Gasteiger partial charge is 0.346 e. The van der Waals surface area contributed by atoms with E-state index in [0.717, 1.165) is 12.4 Å². The van der Waals surface area contributed by atoms with Gasteiger partial charge in [-0.2, -0.15) is 4.98 Å². The molecule has 1 aliphatic carbocycles. The second-order valence-corrected chi connectivity index (χ2v) is 4.76. The Labute approximate surface area is 106 Å². The van der Waals surface area contributed by atoms with Gasteiger partial charge in [-0.1, -0.05) is 12.1 Å².